The molecule has 7 nitrogen and oxygen atoms in total. The number of imidazole rings is 1. The van der Waals surface area contributed by atoms with Gasteiger partial charge < -0.3 is 15.6 Å². The van der Waals surface area contributed by atoms with Crippen LogP contribution in [0.1, 0.15) is 37.8 Å². The number of fused-ring (bicyclic) bond motifs is 2. The van der Waals surface area contributed by atoms with Gasteiger partial charge in [0, 0.05) is 27.5 Å². The van der Waals surface area contributed by atoms with Crippen LogP contribution in [0.5, 0.6) is 0 Å². The highest BCUT2D eigenvalue weighted by atomic mass is 127. The van der Waals surface area contributed by atoms with E-state index in [2.05, 4.69) is 50.0 Å². The van der Waals surface area contributed by atoms with Crippen molar-refractivity contribution in [2.45, 2.75) is 62.2 Å². The molecule has 0 unspecified atom stereocenters. The number of nitrogen functional groups attached to an aromatic ring is 1. The van der Waals surface area contributed by atoms with Gasteiger partial charge in [0.1, 0.15) is 6.33 Å². The molecule has 0 atom stereocenters. The van der Waals surface area contributed by atoms with Crippen molar-refractivity contribution in [2.24, 2.45) is 0 Å². The van der Waals surface area contributed by atoms with Crippen molar-refractivity contribution in [3.8, 4) is 0 Å². The lowest BCUT2D eigenvalue weighted by atomic mass is 10.1. The summed E-state index contributed by atoms with van der Waals surface area (Å²) in [5.74, 6) is 0.359. The molecule has 3 aromatic rings. The van der Waals surface area contributed by atoms with E-state index >= 15 is 0 Å². The number of halogens is 1. The smallest absolute Gasteiger partial charge is 0.221 e. The van der Waals surface area contributed by atoms with Crippen LogP contribution in [0.4, 0.5) is 5.82 Å². The minimum Gasteiger partial charge on any atom is -0.382 e. The third-order valence-electron chi connectivity index (χ3n) is 4.89. The Morgan fingerprint density at radius 3 is 2.83 bits per heavy atom. The lowest BCUT2D eigenvalue weighted by molar-refractivity contribution is -0.121. The first-order chi connectivity index (χ1) is 13.9. The number of carbonyl (C=O) groups excluding carboxylic acids is 1. The average Bonchev–Trinajstić information content (AvgIpc) is 3.24. The van der Waals surface area contributed by atoms with Gasteiger partial charge in [0.05, 0.1) is 0 Å². The average molecular weight is 522 g/mol. The second-order valence-electron chi connectivity index (χ2n) is 7.46. The largest absolute Gasteiger partial charge is 0.382 e. The number of anilines is 1. The van der Waals surface area contributed by atoms with Crippen molar-refractivity contribution in [1.29, 1.82) is 0 Å². The van der Waals surface area contributed by atoms with E-state index in [0.29, 0.717) is 29.9 Å². The van der Waals surface area contributed by atoms with Crippen molar-refractivity contribution >= 4 is 57.2 Å². The fourth-order valence-electron chi connectivity index (χ4n) is 3.57. The topological polar surface area (TPSA) is 98.7 Å². The Bertz CT molecular complexity index is 1080. The van der Waals surface area contributed by atoms with Gasteiger partial charge in [-0.2, -0.15) is 0 Å². The van der Waals surface area contributed by atoms with Gasteiger partial charge in [0.15, 0.2) is 22.1 Å². The van der Waals surface area contributed by atoms with E-state index in [1.165, 1.54) is 32.3 Å². The summed E-state index contributed by atoms with van der Waals surface area (Å²) in [6, 6.07) is 4.67. The lowest BCUT2D eigenvalue weighted by Gasteiger charge is -2.12. The highest BCUT2D eigenvalue weighted by Gasteiger charge is 2.20. The first-order valence-corrected chi connectivity index (χ1v) is 11.6. The number of nitrogens with one attached hydrogen (secondary N) is 1. The number of rotatable bonds is 6. The monoisotopic (exact) mass is 522 g/mol. The van der Waals surface area contributed by atoms with Crippen LogP contribution in [0, 0.1) is 3.57 Å². The SMILES string of the molecule is CC(C)NC(=O)CCn1c(Sc2cc3c(cc2I)CCC3)nc2c(N)ncnc21. The number of hydrogen-bond donors (Lipinski definition) is 2. The first kappa shape index (κ1) is 20.4. The number of aromatic nitrogens is 4. The molecule has 4 rings (SSSR count). The van der Waals surface area contributed by atoms with Crippen LogP contribution in [-0.2, 0) is 24.2 Å². The quantitative estimate of drug-likeness (QED) is 0.481. The fraction of sp³-hybridized carbons (Fsp3) is 0.400. The molecular formula is C20H23IN6OS. The third kappa shape index (κ3) is 4.35. The van der Waals surface area contributed by atoms with E-state index in [1.807, 2.05) is 18.4 Å². The number of aryl methyl sites for hydroxylation is 3. The van der Waals surface area contributed by atoms with Gasteiger partial charge in [-0.05, 0) is 79.0 Å². The molecule has 1 aliphatic carbocycles. The van der Waals surface area contributed by atoms with Crippen LogP contribution in [0.15, 0.2) is 28.5 Å². The summed E-state index contributed by atoms with van der Waals surface area (Å²) in [6.45, 7) is 4.39. The summed E-state index contributed by atoms with van der Waals surface area (Å²) in [5.41, 5.74) is 10.2. The summed E-state index contributed by atoms with van der Waals surface area (Å²) >= 11 is 3.98. The van der Waals surface area contributed by atoms with Gasteiger partial charge in [0.25, 0.3) is 0 Å². The highest BCUT2D eigenvalue weighted by Crippen LogP contribution is 2.37. The van der Waals surface area contributed by atoms with Crippen molar-refractivity contribution in [3.05, 3.63) is 33.2 Å². The van der Waals surface area contributed by atoms with Crippen molar-refractivity contribution in [2.75, 3.05) is 5.73 Å². The Balaban J connectivity index is 1.68. The molecule has 152 valence electrons. The van der Waals surface area contributed by atoms with Gasteiger partial charge >= 0.3 is 0 Å². The predicted molar refractivity (Wildman–Crippen MR) is 123 cm³/mol. The minimum atomic E-state index is 0.00643. The van der Waals surface area contributed by atoms with E-state index in [1.54, 1.807) is 11.8 Å². The molecule has 2 aromatic heterocycles. The molecule has 1 aromatic carbocycles. The third-order valence-corrected chi connectivity index (χ3v) is 7.20. The van der Waals surface area contributed by atoms with Crippen LogP contribution in [0.3, 0.4) is 0 Å². The van der Waals surface area contributed by atoms with Crippen molar-refractivity contribution in [3.63, 3.8) is 0 Å². The number of hydrogen-bond acceptors (Lipinski definition) is 6. The molecule has 29 heavy (non-hydrogen) atoms. The summed E-state index contributed by atoms with van der Waals surface area (Å²) in [4.78, 5) is 26.5. The molecule has 0 saturated heterocycles. The van der Waals surface area contributed by atoms with Crippen LogP contribution >= 0.6 is 34.4 Å². The number of amides is 1. The molecule has 3 N–H and O–H groups in total. The minimum absolute atomic E-state index is 0.00643. The zero-order chi connectivity index (χ0) is 20.5. The molecule has 0 aliphatic heterocycles. The summed E-state index contributed by atoms with van der Waals surface area (Å²) in [5, 5.41) is 3.71. The van der Waals surface area contributed by atoms with Gasteiger partial charge in [-0.15, -0.1) is 0 Å². The predicted octanol–water partition coefficient (Wildman–Crippen LogP) is 3.57. The summed E-state index contributed by atoms with van der Waals surface area (Å²) < 4.78 is 3.19. The molecule has 0 bridgehead atoms. The normalized spacial score (nSPS) is 13.2. The Morgan fingerprint density at radius 1 is 1.31 bits per heavy atom. The van der Waals surface area contributed by atoms with Crippen LogP contribution < -0.4 is 11.1 Å². The van der Waals surface area contributed by atoms with Gasteiger partial charge in [-0.1, -0.05) is 11.8 Å². The Kier molecular flexibility index (Phi) is 5.95. The van der Waals surface area contributed by atoms with E-state index in [9.17, 15) is 4.79 Å². The van der Waals surface area contributed by atoms with E-state index < -0.39 is 0 Å². The number of nitrogens with zero attached hydrogens (tertiary/aromatic N) is 4. The van der Waals surface area contributed by atoms with Gasteiger partial charge in [-0.3, -0.25) is 4.79 Å². The molecular weight excluding hydrogens is 499 g/mol. The molecule has 0 fully saturated rings. The number of nitrogens with two attached hydrogens (primary N) is 1. The lowest BCUT2D eigenvalue weighted by Crippen LogP contribution is -2.30. The second kappa shape index (κ2) is 8.47. The molecule has 0 radical (unpaired) electrons. The Morgan fingerprint density at radius 2 is 2.07 bits per heavy atom. The van der Waals surface area contributed by atoms with E-state index in [-0.39, 0.29) is 11.9 Å². The van der Waals surface area contributed by atoms with Crippen molar-refractivity contribution in [1.82, 2.24) is 24.8 Å². The molecule has 0 spiro atoms. The maximum Gasteiger partial charge on any atom is 0.221 e. The first-order valence-electron chi connectivity index (χ1n) is 9.67. The van der Waals surface area contributed by atoms with E-state index in [4.69, 9.17) is 10.7 Å². The summed E-state index contributed by atoms with van der Waals surface area (Å²) in [7, 11) is 0. The highest BCUT2D eigenvalue weighted by molar-refractivity contribution is 14.1. The standard InChI is InChI=1S/C20H23IN6OS/c1-11(2)25-16(28)6-7-27-19-17(18(22)23-10-24-19)26-20(27)29-15-9-13-5-3-4-12(13)8-14(15)21/h8-11H,3-7H2,1-2H3,(H,25,28)(H2,22,23,24). The maximum absolute atomic E-state index is 12.2. The molecule has 0 saturated carbocycles. The van der Waals surface area contributed by atoms with E-state index in [0.717, 1.165) is 18.0 Å². The van der Waals surface area contributed by atoms with Crippen molar-refractivity contribution < 1.29 is 4.79 Å². The van der Waals surface area contributed by atoms with Crippen LogP contribution in [0.25, 0.3) is 11.2 Å². The zero-order valence-electron chi connectivity index (χ0n) is 16.4. The molecule has 2 heterocycles. The van der Waals surface area contributed by atoms with Crippen LogP contribution in [0.2, 0.25) is 0 Å². The Labute approximate surface area is 187 Å². The number of carbonyl (C=O) groups is 1. The summed E-state index contributed by atoms with van der Waals surface area (Å²) in [6.07, 6.45) is 5.30. The molecule has 9 heteroatoms. The maximum atomic E-state index is 12.2. The van der Waals surface area contributed by atoms with Crippen LogP contribution in [-0.4, -0.2) is 31.5 Å². The van der Waals surface area contributed by atoms with Gasteiger partial charge in [-0.25, -0.2) is 15.0 Å². The Hall–Kier alpha value is -1.88. The van der Waals surface area contributed by atoms with Gasteiger partial charge in [0.2, 0.25) is 5.91 Å². The zero-order valence-corrected chi connectivity index (χ0v) is 19.4. The molecule has 1 amide bonds. The second-order valence-corrected chi connectivity index (χ2v) is 9.63. The number of benzene rings is 1. The molecule has 1 aliphatic rings. The fourth-order valence-corrected chi connectivity index (χ4v) is 5.41.